The quantitative estimate of drug-likeness (QED) is 0.703. The van der Waals surface area contributed by atoms with Crippen molar-refractivity contribution in [3.8, 4) is 0 Å². The summed E-state index contributed by atoms with van der Waals surface area (Å²) in [7, 11) is 0. The summed E-state index contributed by atoms with van der Waals surface area (Å²) < 4.78 is 0. The molecule has 0 aliphatic carbocycles. The lowest BCUT2D eigenvalue weighted by molar-refractivity contribution is 0.575. The van der Waals surface area contributed by atoms with Crippen LogP contribution in [-0.2, 0) is 0 Å². The molecule has 1 rings (SSSR count). The average molecular weight is 249 g/mol. The van der Waals surface area contributed by atoms with Crippen LogP contribution in [0.25, 0.3) is 5.57 Å². The largest absolute Gasteiger partial charge is 0.310 e. The van der Waals surface area contributed by atoms with Crippen LogP contribution >= 0.6 is 11.8 Å². The van der Waals surface area contributed by atoms with E-state index in [2.05, 4.69) is 50.0 Å². The Labute approximate surface area is 110 Å². The molecular formula is C15H23NS. The Morgan fingerprint density at radius 1 is 1.35 bits per heavy atom. The molecule has 1 aromatic rings. The van der Waals surface area contributed by atoms with Crippen LogP contribution in [0.2, 0.25) is 0 Å². The molecule has 17 heavy (non-hydrogen) atoms. The molecule has 0 bridgehead atoms. The molecule has 94 valence electrons. The Kier molecular flexibility index (Phi) is 7.06. The normalized spacial score (nSPS) is 12.4. The lowest BCUT2D eigenvalue weighted by atomic mass is 10.1. The second kappa shape index (κ2) is 8.37. The zero-order valence-electron chi connectivity index (χ0n) is 10.9. The average Bonchev–Trinajstić information content (AvgIpc) is 2.37. The number of hydrogen-bond acceptors (Lipinski definition) is 2. The predicted molar refractivity (Wildman–Crippen MR) is 80.6 cm³/mol. The van der Waals surface area contributed by atoms with Crippen LogP contribution in [0.3, 0.4) is 0 Å². The fourth-order valence-corrected chi connectivity index (χ4v) is 2.39. The summed E-state index contributed by atoms with van der Waals surface area (Å²) in [5.74, 6) is 2.45. The molecule has 1 unspecified atom stereocenters. The van der Waals surface area contributed by atoms with Crippen LogP contribution in [-0.4, -0.2) is 24.1 Å². The Morgan fingerprint density at radius 2 is 2.06 bits per heavy atom. The van der Waals surface area contributed by atoms with Gasteiger partial charge in [-0.05, 0) is 36.0 Å². The van der Waals surface area contributed by atoms with Crippen LogP contribution in [0.4, 0.5) is 0 Å². The molecular weight excluding hydrogens is 226 g/mol. The SMILES string of the molecule is C=C(CNC(C)CCSCC)c1ccccc1. The number of rotatable bonds is 8. The van der Waals surface area contributed by atoms with Crippen LogP contribution < -0.4 is 5.32 Å². The Bertz CT molecular complexity index is 321. The molecule has 0 aliphatic rings. The molecule has 0 amide bonds. The smallest absolute Gasteiger partial charge is 0.0208 e. The van der Waals surface area contributed by atoms with E-state index in [-0.39, 0.29) is 0 Å². The summed E-state index contributed by atoms with van der Waals surface area (Å²) >= 11 is 2.00. The van der Waals surface area contributed by atoms with Gasteiger partial charge in [0, 0.05) is 12.6 Å². The highest BCUT2D eigenvalue weighted by atomic mass is 32.2. The summed E-state index contributed by atoms with van der Waals surface area (Å²) in [6, 6.07) is 10.9. The summed E-state index contributed by atoms with van der Waals surface area (Å²) in [4.78, 5) is 0. The van der Waals surface area contributed by atoms with Gasteiger partial charge in [-0.2, -0.15) is 11.8 Å². The van der Waals surface area contributed by atoms with Gasteiger partial charge in [-0.15, -0.1) is 0 Å². The van der Waals surface area contributed by atoms with Crippen molar-refractivity contribution < 1.29 is 0 Å². The molecule has 1 N–H and O–H groups in total. The maximum atomic E-state index is 4.13. The summed E-state index contributed by atoms with van der Waals surface area (Å²) in [5, 5.41) is 3.53. The van der Waals surface area contributed by atoms with Crippen LogP contribution in [0, 0.1) is 0 Å². The van der Waals surface area contributed by atoms with Gasteiger partial charge in [-0.1, -0.05) is 43.8 Å². The minimum atomic E-state index is 0.564. The Balaban J connectivity index is 2.24. The Morgan fingerprint density at radius 3 is 2.71 bits per heavy atom. The second-order valence-corrected chi connectivity index (χ2v) is 5.63. The standard InChI is InChI=1S/C15H23NS/c1-4-17-11-10-14(3)16-12-13(2)15-8-6-5-7-9-15/h5-9,14,16H,2,4,10-12H2,1,3H3. The van der Waals surface area contributed by atoms with Crippen molar-refractivity contribution in [1.82, 2.24) is 5.32 Å². The van der Waals surface area contributed by atoms with Crippen molar-refractivity contribution in [3.63, 3.8) is 0 Å². The highest BCUT2D eigenvalue weighted by Gasteiger charge is 2.03. The van der Waals surface area contributed by atoms with Gasteiger partial charge in [-0.3, -0.25) is 0 Å². The fraction of sp³-hybridized carbons (Fsp3) is 0.467. The van der Waals surface area contributed by atoms with Crippen LogP contribution in [0.1, 0.15) is 25.8 Å². The van der Waals surface area contributed by atoms with Crippen molar-refractivity contribution >= 4 is 17.3 Å². The zero-order chi connectivity index (χ0) is 12.5. The minimum absolute atomic E-state index is 0.564. The van der Waals surface area contributed by atoms with E-state index in [9.17, 15) is 0 Å². The lowest BCUT2D eigenvalue weighted by Crippen LogP contribution is -2.28. The van der Waals surface area contributed by atoms with Crippen LogP contribution in [0.5, 0.6) is 0 Å². The summed E-state index contributed by atoms with van der Waals surface area (Å²) in [6.45, 7) is 9.46. The molecule has 1 atom stereocenters. The van der Waals surface area contributed by atoms with E-state index < -0.39 is 0 Å². The first-order valence-electron chi connectivity index (χ1n) is 6.28. The van der Waals surface area contributed by atoms with Gasteiger partial charge in [0.25, 0.3) is 0 Å². The van der Waals surface area contributed by atoms with Gasteiger partial charge in [-0.25, -0.2) is 0 Å². The first-order chi connectivity index (χ1) is 8.24. The minimum Gasteiger partial charge on any atom is -0.310 e. The van der Waals surface area contributed by atoms with Crippen molar-refractivity contribution in [2.75, 3.05) is 18.1 Å². The van der Waals surface area contributed by atoms with Crippen molar-refractivity contribution in [2.45, 2.75) is 26.3 Å². The van der Waals surface area contributed by atoms with E-state index in [0.717, 1.165) is 6.54 Å². The van der Waals surface area contributed by atoms with Gasteiger partial charge < -0.3 is 5.32 Å². The maximum absolute atomic E-state index is 4.13. The molecule has 0 saturated heterocycles. The summed E-state index contributed by atoms with van der Waals surface area (Å²) in [6.07, 6.45) is 1.22. The van der Waals surface area contributed by atoms with E-state index in [4.69, 9.17) is 0 Å². The predicted octanol–water partition coefficient (Wildman–Crippen LogP) is 3.82. The number of benzene rings is 1. The topological polar surface area (TPSA) is 12.0 Å². The van der Waals surface area contributed by atoms with E-state index in [0.29, 0.717) is 6.04 Å². The van der Waals surface area contributed by atoms with Gasteiger partial charge in [0.15, 0.2) is 0 Å². The first kappa shape index (κ1) is 14.3. The van der Waals surface area contributed by atoms with E-state index in [1.807, 2.05) is 17.8 Å². The molecule has 0 fully saturated rings. The third-order valence-electron chi connectivity index (χ3n) is 2.75. The van der Waals surface area contributed by atoms with Crippen molar-refractivity contribution in [1.29, 1.82) is 0 Å². The van der Waals surface area contributed by atoms with Crippen molar-refractivity contribution in [3.05, 3.63) is 42.5 Å². The number of thioether (sulfide) groups is 1. The van der Waals surface area contributed by atoms with Gasteiger partial charge in [0.2, 0.25) is 0 Å². The maximum Gasteiger partial charge on any atom is 0.0208 e. The molecule has 0 aromatic heterocycles. The second-order valence-electron chi connectivity index (χ2n) is 4.24. The molecule has 0 heterocycles. The fourth-order valence-electron chi connectivity index (χ4n) is 1.58. The van der Waals surface area contributed by atoms with E-state index in [1.165, 1.54) is 29.1 Å². The molecule has 1 aromatic carbocycles. The van der Waals surface area contributed by atoms with Crippen LogP contribution in [0.15, 0.2) is 36.9 Å². The molecule has 1 nitrogen and oxygen atoms in total. The van der Waals surface area contributed by atoms with Gasteiger partial charge in [0.1, 0.15) is 0 Å². The van der Waals surface area contributed by atoms with Gasteiger partial charge >= 0.3 is 0 Å². The third kappa shape index (κ3) is 5.94. The molecule has 0 radical (unpaired) electrons. The first-order valence-corrected chi connectivity index (χ1v) is 7.43. The number of nitrogens with one attached hydrogen (secondary N) is 1. The zero-order valence-corrected chi connectivity index (χ0v) is 11.7. The highest BCUT2D eigenvalue weighted by Crippen LogP contribution is 2.11. The molecule has 0 aliphatic heterocycles. The molecule has 0 saturated carbocycles. The molecule has 0 spiro atoms. The summed E-state index contributed by atoms with van der Waals surface area (Å²) in [5.41, 5.74) is 2.40. The number of hydrogen-bond donors (Lipinski definition) is 1. The molecule has 2 heteroatoms. The van der Waals surface area contributed by atoms with E-state index >= 15 is 0 Å². The van der Waals surface area contributed by atoms with Crippen molar-refractivity contribution in [2.24, 2.45) is 0 Å². The monoisotopic (exact) mass is 249 g/mol. The van der Waals surface area contributed by atoms with E-state index in [1.54, 1.807) is 0 Å². The lowest BCUT2D eigenvalue weighted by Gasteiger charge is -2.14. The van der Waals surface area contributed by atoms with Gasteiger partial charge in [0.05, 0.1) is 0 Å². The third-order valence-corrected chi connectivity index (χ3v) is 3.68. The highest BCUT2D eigenvalue weighted by molar-refractivity contribution is 7.99. The Hall–Kier alpha value is -0.730.